The highest BCUT2D eigenvalue weighted by Crippen LogP contribution is 2.22. The second-order valence-corrected chi connectivity index (χ2v) is 6.55. The third-order valence-corrected chi connectivity index (χ3v) is 3.33. The smallest absolute Gasteiger partial charge is 0.101 e. The molecule has 0 aliphatic carbocycles. The molecule has 0 saturated heterocycles. The minimum atomic E-state index is 0.0853. The fourth-order valence-electron chi connectivity index (χ4n) is 2.32. The zero-order valence-electron chi connectivity index (χ0n) is 14.2. The van der Waals surface area contributed by atoms with Gasteiger partial charge < -0.3 is 10.2 Å². The van der Waals surface area contributed by atoms with Crippen LogP contribution < -0.4 is 10.2 Å². The fraction of sp³-hybridized carbons (Fsp3) is 0.611. The van der Waals surface area contributed by atoms with Crippen molar-refractivity contribution in [1.29, 1.82) is 5.26 Å². The van der Waals surface area contributed by atoms with Crippen LogP contribution in [-0.2, 0) is 6.54 Å². The van der Waals surface area contributed by atoms with E-state index < -0.39 is 0 Å². The molecule has 0 radical (unpaired) electrons. The van der Waals surface area contributed by atoms with Crippen LogP contribution in [0.4, 0.5) is 5.69 Å². The van der Waals surface area contributed by atoms with Crippen molar-refractivity contribution < 1.29 is 0 Å². The molecule has 1 rings (SSSR count). The molecule has 0 aliphatic heterocycles. The van der Waals surface area contributed by atoms with Crippen LogP contribution in [0.5, 0.6) is 0 Å². The first-order valence-electron chi connectivity index (χ1n) is 7.94. The van der Waals surface area contributed by atoms with E-state index in [1.807, 2.05) is 6.07 Å². The zero-order valence-corrected chi connectivity index (χ0v) is 14.2. The maximum Gasteiger partial charge on any atom is 0.101 e. The van der Waals surface area contributed by atoms with Crippen molar-refractivity contribution in [3.05, 3.63) is 29.3 Å². The van der Waals surface area contributed by atoms with Gasteiger partial charge in [0.1, 0.15) is 6.07 Å². The summed E-state index contributed by atoms with van der Waals surface area (Å²) in [5.41, 5.74) is 3.10. The van der Waals surface area contributed by atoms with E-state index in [1.54, 1.807) is 0 Å². The molecule has 21 heavy (non-hydrogen) atoms. The lowest BCUT2D eigenvalue weighted by Crippen LogP contribution is -2.35. The first-order chi connectivity index (χ1) is 9.91. The maximum atomic E-state index is 9.46. The van der Waals surface area contributed by atoms with E-state index in [2.05, 4.69) is 63.0 Å². The van der Waals surface area contributed by atoms with E-state index in [1.165, 1.54) is 0 Å². The Hall–Kier alpha value is -1.53. The predicted octanol–water partition coefficient (Wildman–Crippen LogP) is 4.07. The van der Waals surface area contributed by atoms with Crippen LogP contribution in [0.3, 0.4) is 0 Å². The number of hydrogen-bond acceptors (Lipinski definition) is 3. The van der Waals surface area contributed by atoms with Crippen molar-refractivity contribution in [2.45, 2.75) is 59.5 Å². The summed E-state index contributed by atoms with van der Waals surface area (Å²) in [7, 11) is 0. The molecule has 0 unspecified atom stereocenters. The molecule has 116 valence electrons. The second kappa shape index (κ2) is 8.05. The van der Waals surface area contributed by atoms with E-state index in [0.717, 1.165) is 49.3 Å². The third kappa shape index (κ3) is 5.77. The van der Waals surface area contributed by atoms with Gasteiger partial charge >= 0.3 is 0 Å². The first-order valence-corrected chi connectivity index (χ1v) is 7.94. The van der Waals surface area contributed by atoms with Gasteiger partial charge in [0.2, 0.25) is 0 Å². The molecule has 1 aromatic carbocycles. The Balaban J connectivity index is 2.95. The summed E-state index contributed by atoms with van der Waals surface area (Å²) >= 11 is 0. The second-order valence-electron chi connectivity index (χ2n) is 6.55. The molecular weight excluding hydrogens is 258 g/mol. The van der Waals surface area contributed by atoms with E-state index in [0.29, 0.717) is 0 Å². The number of nitriles is 1. The minimum Gasteiger partial charge on any atom is -0.370 e. The highest BCUT2D eigenvalue weighted by molar-refractivity contribution is 5.60. The summed E-state index contributed by atoms with van der Waals surface area (Å²) in [5.74, 6) is 0. The number of rotatable bonds is 7. The first kappa shape index (κ1) is 17.5. The van der Waals surface area contributed by atoms with Gasteiger partial charge in [-0.3, -0.25) is 0 Å². The largest absolute Gasteiger partial charge is 0.370 e. The summed E-state index contributed by atoms with van der Waals surface area (Å²) in [5, 5.41) is 12.9. The van der Waals surface area contributed by atoms with Crippen molar-refractivity contribution in [2.24, 2.45) is 0 Å². The highest BCUT2D eigenvalue weighted by atomic mass is 15.1. The lowest BCUT2D eigenvalue weighted by atomic mass is 10.1. The summed E-state index contributed by atoms with van der Waals surface area (Å²) in [6.07, 6.45) is 2.19. The molecule has 0 aromatic heterocycles. The van der Waals surface area contributed by atoms with Crippen LogP contribution >= 0.6 is 0 Å². The van der Waals surface area contributed by atoms with Crippen LogP contribution in [0.25, 0.3) is 0 Å². The molecule has 0 spiro atoms. The Kier molecular flexibility index (Phi) is 6.71. The molecule has 0 saturated carbocycles. The van der Waals surface area contributed by atoms with Gasteiger partial charge in [-0.1, -0.05) is 19.9 Å². The van der Waals surface area contributed by atoms with E-state index in [-0.39, 0.29) is 5.54 Å². The molecule has 0 bridgehead atoms. The SMILES string of the molecule is CCCN(CCC)c1ccc(CNC(C)(C)C)cc1C#N. The lowest BCUT2D eigenvalue weighted by Gasteiger charge is -2.25. The quantitative estimate of drug-likeness (QED) is 0.821. The van der Waals surface area contributed by atoms with Crippen LogP contribution in [0.1, 0.15) is 58.6 Å². The molecule has 0 heterocycles. The monoisotopic (exact) mass is 287 g/mol. The van der Waals surface area contributed by atoms with E-state index in [4.69, 9.17) is 0 Å². The number of nitrogens with one attached hydrogen (secondary N) is 1. The van der Waals surface area contributed by atoms with E-state index in [9.17, 15) is 5.26 Å². The lowest BCUT2D eigenvalue weighted by molar-refractivity contribution is 0.424. The molecule has 1 N–H and O–H groups in total. The van der Waals surface area contributed by atoms with Gasteiger partial charge in [0.05, 0.1) is 11.3 Å². The van der Waals surface area contributed by atoms with E-state index >= 15 is 0 Å². The van der Waals surface area contributed by atoms with Crippen molar-refractivity contribution in [2.75, 3.05) is 18.0 Å². The third-order valence-electron chi connectivity index (χ3n) is 3.33. The van der Waals surface area contributed by atoms with Crippen LogP contribution in [0.2, 0.25) is 0 Å². The zero-order chi connectivity index (χ0) is 15.9. The van der Waals surface area contributed by atoms with Crippen molar-refractivity contribution in [1.82, 2.24) is 5.32 Å². The molecule has 0 atom stereocenters. The van der Waals surface area contributed by atoms with Gasteiger partial charge in [0.15, 0.2) is 0 Å². The fourth-order valence-corrected chi connectivity index (χ4v) is 2.32. The molecular formula is C18H29N3. The minimum absolute atomic E-state index is 0.0853. The number of nitrogens with zero attached hydrogens (tertiary/aromatic N) is 2. The standard InChI is InChI=1S/C18H29N3/c1-6-10-21(11-7-2)17-9-8-15(12-16(17)13-19)14-20-18(3,4)5/h8-9,12,20H,6-7,10-11,14H2,1-5H3. The summed E-state index contributed by atoms with van der Waals surface area (Å²) < 4.78 is 0. The molecule has 3 heteroatoms. The van der Waals surface area contributed by atoms with Gasteiger partial charge in [0.25, 0.3) is 0 Å². The van der Waals surface area contributed by atoms with Crippen LogP contribution in [0, 0.1) is 11.3 Å². The van der Waals surface area contributed by atoms with Crippen molar-refractivity contribution >= 4 is 5.69 Å². The number of hydrogen-bond donors (Lipinski definition) is 1. The number of anilines is 1. The normalized spacial score (nSPS) is 11.2. The predicted molar refractivity (Wildman–Crippen MR) is 90.5 cm³/mol. The maximum absolute atomic E-state index is 9.46. The average molecular weight is 287 g/mol. The summed E-state index contributed by atoms with van der Waals surface area (Å²) in [6, 6.07) is 8.61. The van der Waals surface area contributed by atoms with Gasteiger partial charge in [0, 0.05) is 25.2 Å². The topological polar surface area (TPSA) is 39.1 Å². The Bertz CT molecular complexity index is 474. The average Bonchev–Trinajstić information content (AvgIpc) is 2.44. The molecule has 0 fully saturated rings. The summed E-state index contributed by atoms with van der Waals surface area (Å²) in [6.45, 7) is 13.6. The molecule has 0 amide bonds. The van der Waals surface area contributed by atoms with Crippen LogP contribution in [0.15, 0.2) is 18.2 Å². The van der Waals surface area contributed by atoms with Crippen molar-refractivity contribution in [3.8, 4) is 6.07 Å². The van der Waals surface area contributed by atoms with Gasteiger partial charge in [-0.2, -0.15) is 5.26 Å². The number of benzene rings is 1. The summed E-state index contributed by atoms with van der Waals surface area (Å²) in [4.78, 5) is 2.32. The Morgan fingerprint density at radius 1 is 1.14 bits per heavy atom. The van der Waals surface area contributed by atoms with Crippen molar-refractivity contribution in [3.63, 3.8) is 0 Å². The Morgan fingerprint density at radius 2 is 1.76 bits per heavy atom. The molecule has 0 aliphatic rings. The van der Waals surface area contributed by atoms with Gasteiger partial charge in [-0.25, -0.2) is 0 Å². The van der Waals surface area contributed by atoms with Crippen LogP contribution in [-0.4, -0.2) is 18.6 Å². The van der Waals surface area contributed by atoms with Gasteiger partial charge in [-0.05, 0) is 51.3 Å². The molecule has 3 nitrogen and oxygen atoms in total. The molecule has 1 aromatic rings. The Morgan fingerprint density at radius 3 is 2.24 bits per heavy atom. The van der Waals surface area contributed by atoms with Gasteiger partial charge in [-0.15, -0.1) is 0 Å². The Labute approximate surface area is 130 Å². The highest BCUT2D eigenvalue weighted by Gasteiger charge is 2.12.